The zero-order chi connectivity index (χ0) is 19.9. The first-order valence-corrected chi connectivity index (χ1v) is 9.75. The van der Waals surface area contributed by atoms with Gasteiger partial charge in [-0.1, -0.05) is 43.3 Å². The summed E-state index contributed by atoms with van der Waals surface area (Å²) in [6.45, 7) is 3.97. The molecule has 2 amide bonds. The third-order valence-electron chi connectivity index (χ3n) is 5.22. The quantitative estimate of drug-likeness (QED) is 0.826. The molecule has 0 spiro atoms. The first kappa shape index (κ1) is 19.9. The number of rotatable bonds is 6. The Morgan fingerprint density at radius 3 is 1.89 bits per heavy atom. The maximum atomic E-state index is 13.4. The number of nitrogens with zero attached hydrogens (tertiary/aromatic N) is 3. The van der Waals surface area contributed by atoms with Crippen molar-refractivity contribution in [3.8, 4) is 0 Å². The van der Waals surface area contributed by atoms with Gasteiger partial charge in [0.1, 0.15) is 0 Å². The van der Waals surface area contributed by atoms with E-state index in [9.17, 15) is 9.59 Å². The second-order valence-corrected chi connectivity index (χ2v) is 6.96. The van der Waals surface area contributed by atoms with Gasteiger partial charge in [0.2, 0.25) is 0 Å². The highest BCUT2D eigenvalue weighted by atomic mass is 16.4. The van der Waals surface area contributed by atoms with Crippen LogP contribution in [-0.2, 0) is 4.79 Å². The molecular formula is C22H27N3O3. The van der Waals surface area contributed by atoms with Crippen molar-refractivity contribution in [1.82, 2.24) is 9.80 Å². The molecule has 0 aliphatic carbocycles. The molecule has 0 atom stereocenters. The normalized spacial score (nSPS) is 14.9. The summed E-state index contributed by atoms with van der Waals surface area (Å²) >= 11 is 0. The van der Waals surface area contributed by atoms with Gasteiger partial charge in [0, 0.05) is 19.1 Å². The van der Waals surface area contributed by atoms with Crippen LogP contribution in [0.4, 0.5) is 16.2 Å². The molecule has 0 bridgehead atoms. The minimum absolute atomic E-state index is 0.0443. The fourth-order valence-corrected chi connectivity index (χ4v) is 3.76. The highest BCUT2D eigenvalue weighted by Gasteiger charge is 2.30. The van der Waals surface area contributed by atoms with E-state index in [1.54, 1.807) is 4.90 Å². The summed E-state index contributed by atoms with van der Waals surface area (Å²) in [5.74, 6) is -0.806. The van der Waals surface area contributed by atoms with Crippen LogP contribution >= 0.6 is 0 Å². The number of likely N-dealkylation sites (N-methyl/N-ethyl adjacent to an activating group) is 1. The summed E-state index contributed by atoms with van der Waals surface area (Å²) < 4.78 is 0. The number of aliphatic carboxylic acids is 1. The van der Waals surface area contributed by atoms with Crippen molar-refractivity contribution in [2.45, 2.75) is 25.8 Å². The number of benzene rings is 2. The van der Waals surface area contributed by atoms with E-state index < -0.39 is 5.97 Å². The standard InChI is InChI=1S/C22H27N3O3/c1-2-23(17-21(26)27)18-13-15-24(16-14-18)22(28)25(19-9-5-3-6-10-19)20-11-7-4-8-12-20/h3-12,18H,2,13-17H2,1H3,(H,26,27). The Bertz CT molecular complexity index is 735. The van der Waals surface area contributed by atoms with Crippen molar-refractivity contribution in [3.05, 3.63) is 60.7 Å². The molecule has 3 rings (SSSR count). The molecule has 1 heterocycles. The largest absolute Gasteiger partial charge is 0.480 e. The topological polar surface area (TPSA) is 64.1 Å². The van der Waals surface area contributed by atoms with Gasteiger partial charge in [0.05, 0.1) is 17.9 Å². The van der Waals surface area contributed by atoms with Crippen LogP contribution in [0.1, 0.15) is 19.8 Å². The van der Waals surface area contributed by atoms with Crippen LogP contribution in [0.5, 0.6) is 0 Å². The van der Waals surface area contributed by atoms with Crippen LogP contribution in [0.3, 0.4) is 0 Å². The van der Waals surface area contributed by atoms with Crippen molar-refractivity contribution in [2.75, 3.05) is 31.1 Å². The average molecular weight is 381 g/mol. The first-order valence-electron chi connectivity index (χ1n) is 9.75. The van der Waals surface area contributed by atoms with E-state index >= 15 is 0 Å². The fraction of sp³-hybridized carbons (Fsp3) is 0.364. The smallest absolute Gasteiger partial charge is 0.329 e. The van der Waals surface area contributed by atoms with Gasteiger partial charge in [-0.05, 0) is 43.7 Å². The molecule has 1 aliphatic heterocycles. The van der Waals surface area contributed by atoms with Crippen LogP contribution in [-0.4, -0.2) is 59.1 Å². The summed E-state index contributed by atoms with van der Waals surface area (Å²) in [6, 6.07) is 19.5. The number of hydrogen-bond acceptors (Lipinski definition) is 3. The Morgan fingerprint density at radius 2 is 1.46 bits per heavy atom. The van der Waals surface area contributed by atoms with Gasteiger partial charge in [-0.3, -0.25) is 14.6 Å². The predicted octanol–water partition coefficient (Wildman–Crippen LogP) is 3.82. The summed E-state index contributed by atoms with van der Waals surface area (Å²) in [5, 5.41) is 9.10. The number of hydrogen-bond donors (Lipinski definition) is 1. The van der Waals surface area contributed by atoms with Gasteiger partial charge in [0.25, 0.3) is 0 Å². The summed E-state index contributed by atoms with van der Waals surface area (Å²) in [6.07, 6.45) is 1.56. The minimum atomic E-state index is -0.806. The molecule has 1 N–H and O–H groups in total. The number of piperidine rings is 1. The van der Waals surface area contributed by atoms with Crippen LogP contribution in [0, 0.1) is 0 Å². The Morgan fingerprint density at radius 1 is 0.964 bits per heavy atom. The number of anilines is 2. The van der Waals surface area contributed by atoms with E-state index in [4.69, 9.17) is 5.11 Å². The van der Waals surface area contributed by atoms with Gasteiger partial charge in [-0.25, -0.2) is 4.79 Å². The lowest BCUT2D eigenvalue weighted by Gasteiger charge is -2.39. The van der Waals surface area contributed by atoms with E-state index in [1.807, 2.05) is 77.4 Å². The molecule has 1 fully saturated rings. The molecule has 2 aromatic rings. The number of urea groups is 1. The third-order valence-corrected chi connectivity index (χ3v) is 5.22. The van der Waals surface area contributed by atoms with Crippen LogP contribution in [0.25, 0.3) is 0 Å². The summed E-state index contributed by atoms with van der Waals surface area (Å²) in [5.41, 5.74) is 1.67. The van der Waals surface area contributed by atoms with Crippen LogP contribution < -0.4 is 4.90 Å². The second kappa shape index (κ2) is 9.37. The van der Waals surface area contributed by atoms with Crippen LogP contribution in [0.2, 0.25) is 0 Å². The molecule has 0 unspecified atom stereocenters. The lowest BCUT2D eigenvalue weighted by molar-refractivity contribution is -0.139. The molecule has 2 aromatic carbocycles. The van der Waals surface area contributed by atoms with Gasteiger partial charge in [0.15, 0.2) is 0 Å². The highest BCUT2D eigenvalue weighted by molar-refractivity contribution is 5.99. The van der Waals surface area contributed by atoms with Crippen molar-refractivity contribution < 1.29 is 14.7 Å². The van der Waals surface area contributed by atoms with Gasteiger partial charge in [-0.2, -0.15) is 0 Å². The minimum Gasteiger partial charge on any atom is -0.480 e. The average Bonchev–Trinajstić information content (AvgIpc) is 2.74. The molecule has 0 radical (unpaired) electrons. The monoisotopic (exact) mass is 381 g/mol. The molecule has 0 aromatic heterocycles. The van der Waals surface area contributed by atoms with E-state index in [0.29, 0.717) is 19.6 Å². The van der Waals surface area contributed by atoms with Crippen molar-refractivity contribution in [2.24, 2.45) is 0 Å². The third kappa shape index (κ3) is 4.70. The first-order chi connectivity index (χ1) is 13.6. The van der Waals surface area contributed by atoms with E-state index in [1.165, 1.54) is 0 Å². The van der Waals surface area contributed by atoms with Crippen molar-refractivity contribution in [1.29, 1.82) is 0 Å². The zero-order valence-corrected chi connectivity index (χ0v) is 16.2. The molecular weight excluding hydrogens is 354 g/mol. The SMILES string of the molecule is CCN(CC(=O)O)C1CCN(C(=O)N(c2ccccc2)c2ccccc2)CC1. The number of carbonyl (C=O) groups is 2. The van der Waals surface area contributed by atoms with Gasteiger partial charge >= 0.3 is 12.0 Å². The number of carboxylic acid groups (broad SMARTS) is 1. The van der Waals surface area contributed by atoms with Gasteiger partial charge < -0.3 is 10.0 Å². The summed E-state index contributed by atoms with van der Waals surface area (Å²) in [4.78, 5) is 30.0. The second-order valence-electron chi connectivity index (χ2n) is 6.96. The van der Waals surface area contributed by atoms with E-state index in [0.717, 1.165) is 24.2 Å². The molecule has 0 saturated carbocycles. The number of likely N-dealkylation sites (tertiary alicyclic amines) is 1. The molecule has 6 heteroatoms. The Hall–Kier alpha value is -2.86. The number of para-hydroxylation sites is 2. The number of amides is 2. The summed E-state index contributed by atoms with van der Waals surface area (Å²) in [7, 11) is 0. The molecule has 28 heavy (non-hydrogen) atoms. The molecule has 6 nitrogen and oxygen atoms in total. The number of carbonyl (C=O) groups excluding carboxylic acids is 1. The van der Waals surface area contributed by atoms with E-state index in [-0.39, 0.29) is 18.6 Å². The Kier molecular flexibility index (Phi) is 6.66. The Labute approximate surface area is 166 Å². The Balaban J connectivity index is 1.74. The lowest BCUT2D eigenvalue weighted by Crippen LogP contribution is -2.50. The fourth-order valence-electron chi connectivity index (χ4n) is 3.76. The number of carboxylic acids is 1. The van der Waals surface area contributed by atoms with Gasteiger partial charge in [-0.15, -0.1) is 0 Å². The molecule has 1 aliphatic rings. The molecule has 1 saturated heterocycles. The zero-order valence-electron chi connectivity index (χ0n) is 16.2. The maximum absolute atomic E-state index is 13.4. The van der Waals surface area contributed by atoms with Crippen LogP contribution in [0.15, 0.2) is 60.7 Å². The lowest BCUT2D eigenvalue weighted by atomic mass is 10.0. The predicted molar refractivity (Wildman–Crippen MR) is 110 cm³/mol. The van der Waals surface area contributed by atoms with Crippen molar-refractivity contribution >= 4 is 23.4 Å². The highest BCUT2D eigenvalue weighted by Crippen LogP contribution is 2.28. The van der Waals surface area contributed by atoms with Crippen molar-refractivity contribution in [3.63, 3.8) is 0 Å². The maximum Gasteiger partial charge on any atom is 0.329 e. The molecule has 148 valence electrons. The van der Waals surface area contributed by atoms with E-state index in [2.05, 4.69) is 0 Å².